The van der Waals surface area contributed by atoms with Gasteiger partial charge in [0.1, 0.15) is 0 Å². The van der Waals surface area contributed by atoms with Gasteiger partial charge in [0.05, 0.1) is 88.7 Å². The smallest absolute Gasteiger partial charge is 0.309 e. The van der Waals surface area contributed by atoms with Gasteiger partial charge in [0.2, 0.25) is 0 Å². The lowest BCUT2D eigenvalue weighted by molar-refractivity contribution is -0.138. The molecule has 15 heteroatoms. The quantitative estimate of drug-likeness (QED) is 0.135. The van der Waals surface area contributed by atoms with Gasteiger partial charge in [-0.25, -0.2) is 15.0 Å². The molecule has 9 nitrogen and oxygen atoms in total. The molecule has 522 valence electrons. The zero-order chi connectivity index (χ0) is 73.4. The third-order valence-corrected chi connectivity index (χ3v) is 22.1. The lowest BCUT2D eigenvalue weighted by Gasteiger charge is -2.19. The topological polar surface area (TPSA) is 68.2 Å². The van der Waals surface area contributed by atoms with E-state index in [-0.39, 0.29) is 40.0 Å². The van der Waals surface area contributed by atoms with Crippen LogP contribution in [0, 0.1) is 0 Å². The number of nitrogens with zero attached hydrogens (tertiary/aromatic N) is 9. The number of hydrogen-bond donors (Lipinski definition) is 0. The molecule has 0 saturated carbocycles. The van der Waals surface area contributed by atoms with Crippen molar-refractivity contribution >= 4 is 131 Å². The summed E-state index contributed by atoms with van der Waals surface area (Å²) in [5, 5.41) is 11.5. The minimum atomic E-state index is -4.90. The maximum absolute atomic E-state index is 16.1. The maximum atomic E-state index is 16.1. The second-order valence-electron chi connectivity index (χ2n) is 28.1. The van der Waals surface area contributed by atoms with Crippen LogP contribution in [0.1, 0.15) is 11.1 Å². The first-order chi connectivity index (χ1) is 53.8. The molecule has 15 aromatic carbocycles. The Balaban J connectivity index is 0.839. The fourth-order valence-electron chi connectivity index (χ4n) is 17.4. The Hall–Kier alpha value is -14.3. The summed E-state index contributed by atoms with van der Waals surface area (Å²) in [6.45, 7) is 0. The highest BCUT2D eigenvalue weighted by molar-refractivity contribution is 6.17. The van der Waals surface area contributed by atoms with E-state index in [0.717, 1.165) is 156 Å². The van der Waals surface area contributed by atoms with Crippen LogP contribution in [0.4, 0.5) is 26.3 Å². The normalized spacial score (nSPS) is 12.5. The summed E-state index contributed by atoms with van der Waals surface area (Å²) in [7, 11) is 0. The Morgan fingerprint density at radius 2 is 0.418 bits per heavy atom. The van der Waals surface area contributed by atoms with Crippen LogP contribution < -0.4 is 0 Å². The van der Waals surface area contributed by atoms with Crippen LogP contribution in [0.5, 0.6) is 0 Å². The average Bonchev–Trinajstić information content (AvgIpc) is 1.55. The number of hydrogen-bond acceptors (Lipinski definition) is 3. The second-order valence-corrected chi connectivity index (χ2v) is 28.1. The van der Waals surface area contributed by atoms with Crippen molar-refractivity contribution in [1.82, 2.24) is 42.4 Å². The van der Waals surface area contributed by atoms with Gasteiger partial charge in [0.25, 0.3) is 0 Å². The fraction of sp³-hybridized carbons (Fsp3) is 0.0211. The van der Waals surface area contributed by atoms with E-state index < -0.39 is 23.5 Å². The van der Waals surface area contributed by atoms with Crippen molar-refractivity contribution in [3.8, 4) is 68.3 Å². The monoisotopic (exact) mass is 1440 g/mol. The van der Waals surface area contributed by atoms with E-state index in [9.17, 15) is 0 Å². The van der Waals surface area contributed by atoms with Crippen LogP contribution in [0.15, 0.2) is 334 Å². The van der Waals surface area contributed by atoms with Crippen LogP contribution >= 0.6 is 0 Å². The van der Waals surface area contributed by atoms with Gasteiger partial charge in [-0.1, -0.05) is 200 Å². The summed E-state index contributed by atoms with van der Waals surface area (Å²) in [4.78, 5) is 15.7. The number of aromatic nitrogens is 9. The molecule has 0 radical (unpaired) electrons. The lowest BCUT2D eigenvalue weighted by atomic mass is 10.0. The predicted molar refractivity (Wildman–Crippen MR) is 432 cm³/mol. The number of rotatable bonds is 9. The van der Waals surface area contributed by atoms with Gasteiger partial charge >= 0.3 is 12.4 Å². The van der Waals surface area contributed by atoms with Crippen molar-refractivity contribution in [1.29, 1.82) is 0 Å². The molecule has 7 heterocycles. The zero-order valence-corrected chi connectivity index (χ0v) is 58.0. The summed E-state index contributed by atoms with van der Waals surface area (Å²) in [6.07, 6.45) is -9.80. The number of para-hydroxylation sites is 8. The molecule has 0 unspecified atom stereocenters. The highest BCUT2D eigenvalue weighted by Crippen LogP contribution is 2.47. The van der Waals surface area contributed by atoms with Crippen LogP contribution in [-0.2, 0) is 12.4 Å². The molecule has 0 bridgehead atoms. The van der Waals surface area contributed by atoms with Crippen molar-refractivity contribution in [2.75, 3.05) is 0 Å². The Labute approximate surface area is 621 Å². The van der Waals surface area contributed by atoms with Crippen molar-refractivity contribution < 1.29 is 26.3 Å². The van der Waals surface area contributed by atoms with Crippen LogP contribution in [0.2, 0.25) is 0 Å². The van der Waals surface area contributed by atoms with Crippen molar-refractivity contribution in [3.63, 3.8) is 0 Å². The fourth-order valence-corrected chi connectivity index (χ4v) is 17.4. The second kappa shape index (κ2) is 23.6. The van der Waals surface area contributed by atoms with Gasteiger partial charge in [-0.2, -0.15) is 26.3 Å². The van der Waals surface area contributed by atoms with E-state index in [2.05, 4.69) is 188 Å². The van der Waals surface area contributed by atoms with Crippen molar-refractivity contribution in [2.45, 2.75) is 12.4 Å². The van der Waals surface area contributed by atoms with Gasteiger partial charge in [0, 0.05) is 104 Å². The Bertz CT molecular complexity index is 6670. The molecule has 0 atom stereocenters. The maximum Gasteiger partial charge on any atom is 0.416 e. The lowest BCUT2D eigenvalue weighted by Crippen LogP contribution is -2.10. The first kappa shape index (κ1) is 63.0. The third-order valence-electron chi connectivity index (χ3n) is 22.1. The highest BCUT2D eigenvalue weighted by Gasteiger charge is 2.35. The van der Waals surface area contributed by atoms with E-state index in [1.165, 1.54) is 12.1 Å². The minimum absolute atomic E-state index is 0.00590. The average molecular weight is 1440 g/mol. The van der Waals surface area contributed by atoms with Crippen LogP contribution in [0.3, 0.4) is 0 Å². The number of alkyl halides is 6. The molecule has 110 heavy (non-hydrogen) atoms. The predicted octanol–water partition coefficient (Wildman–Crippen LogP) is 25.5. The van der Waals surface area contributed by atoms with Gasteiger partial charge in [-0.05, 0) is 133 Å². The summed E-state index contributed by atoms with van der Waals surface area (Å²) >= 11 is 0. The zero-order valence-electron chi connectivity index (χ0n) is 58.0. The molecule has 0 aliphatic heterocycles. The molecule has 0 aliphatic carbocycles. The van der Waals surface area contributed by atoms with E-state index in [1.807, 2.05) is 112 Å². The van der Waals surface area contributed by atoms with Crippen molar-refractivity contribution in [2.24, 2.45) is 0 Å². The molecule has 22 rings (SSSR count). The molecular weight excluding hydrogens is 1380 g/mol. The standard InChI is InChI=1S/C95H55F6N9/c96-94(97,98)57-38-48-85(109-87-52-59(105-77-30-12-4-22-63(77)64-23-5-13-31-78(64)105)40-44-71(87)72-45-41-60(53-88(72)109)106-79-32-14-6-24-65(79)66-25-7-15-33-80(66)106)75(50-57)92-102-91(56-20-2-1-3-21-56)103-93(104-92)76-51-58(95(99,100)101)39-49-86(76)110-89-54-61(107-81-34-16-8-26-67(81)68-27-9-17-35-82(68)107)42-46-73(89)74-47-43-62(55-90(74)110)108-83-36-18-10-28-69(83)70-29-11-19-37-84(70)108/h1-55H. The summed E-state index contributed by atoms with van der Waals surface area (Å²) < 4.78 is 109. The molecule has 0 N–H and O–H groups in total. The molecule has 0 aliphatic rings. The molecule has 0 saturated heterocycles. The summed E-state index contributed by atoms with van der Waals surface area (Å²) in [5.74, 6) is -0.448. The van der Waals surface area contributed by atoms with E-state index >= 15 is 26.3 Å². The van der Waals surface area contributed by atoms with Crippen LogP contribution in [-0.4, -0.2) is 42.4 Å². The summed E-state index contributed by atoms with van der Waals surface area (Å²) in [5.41, 5.74) is 12.2. The van der Waals surface area contributed by atoms with Gasteiger partial charge in [0.15, 0.2) is 17.5 Å². The molecule has 7 aromatic heterocycles. The van der Waals surface area contributed by atoms with Crippen molar-refractivity contribution in [3.05, 3.63) is 345 Å². The molecule has 0 fully saturated rings. The largest absolute Gasteiger partial charge is 0.416 e. The Morgan fingerprint density at radius 1 is 0.191 bits per heavy atom. The first-order valence-electron chi connectivity index (χ1n) is 36.2. The van der Waals surface area contributed by atoms with Gasteiger partial charge < -0.3 is 27.4 Å². The molecule has 0 amide bonds. The minimum Gasteiger partial charge on any atom is -0.309 e. The van der Waals surface area contributed by atoms with Crippen LogP contribution in [0.25, 0.3) is 199 Å². The first-order valence-corrected chi connectivity index (χ1v) is 36.2. The van der Waals surface area contributed by atoms with E-state index in [4.69, 9.17) is 15.0 Å². The molecular formula is C95H55F6N9. The molecule has 22 aromatic rings. The van der Waals surface area contributed by atoms with Gasteiger partial charge in [-0.3, -0.25) is 0 Å². The van der Waals surface area contributed by atoms with Gasteiger partial charge in [-0.15, -0.1) is 0 Å². The molecule has 0 spiro atoms. The Kier molecular flexibility index (Phi) is 13.5. The number of halogens is 6. The summed E-state index contributed by atoms with van der Waals surface area (Å²) in [6, 6.07) is 106. The van der Waals surface area contributed by atoms with E-state index in [1.54, 1.807) is 24.3 Å². The SMILES string of the molecule is FC(F)(F)c1ccc(-n2c3cc(-n4c5ccccc5c5ccccc54)ccc3c3ccc(-n4c5ccccc5c5ccccc54)cc32)c(-c2nc(-c3ccccc3)nc(-c3cc(C(F)(F)F)ccc3-n3c4cc(-n5c6ccccc6c6ccccc65)ccc4c4ccc(-n5c6ccccc6c6ccccc65)cc43)n2)c1. The van der Waals surface area contributed by atoms with E-state index in [0.29, 0.717) is 27.6 Å². The highest BCUT2D eigenvalue weighted by atomic mass is 19.4. The third kappa shape index (κ3) is 9.46. The number of fused-ring (bicyclic) bond motifs is 18. The number of benzene rings is 15. The Morgan fingerprint density at radius 3 is 0.673 bits per heavy atom.